The second-order valence-electron chi connectivity index (χ2n) is 5.21. The second-order valence-corrected chi connectivity index (χ2v) is 6.60. The zero-order valence-electron chi connectivity index (χ0n) is 14.0. The van der Waals surface area contributed by atoms with Gasteiger partial charge in [-0.05, 0) is 24.3 Å². The Morgan fingerprint density at radius 3 is 2.26 bits per heavy atom. The molecule has 0 fully saturated rings. The van der Waals surface area contributed by atoms with E-state index in [4.69, 9.17) is 16.3 Å². The minimum Gasteiger partial charge on any atom is -0.455 e. The second kappa shape index (κ2) is 10.5. The lowest BCUT2D eigenvalue weighted by Crippen LogP contribution is -2.22. The standard InChI is InChI=1S/C18H16ClFN2O4S/c19-12-5-1-3-7-14(12)21-16(23)9-26-18(25)11-27-10-17(24)22-15-8-4-2-6-13(15)20/h1-8H,9-11H2,(H,21,23)(H,22,24). The van der Waals surface area contributed by atoms with Crippen LogP contribution in [-0.2, 0) is 19.1 Å². The third-order valence-electron chi connectivity index (χ3n) is 3.11. The molecule has 2 amide bonds. The summed E-state index contributed by atoms with van der Waals surface area (Å²) in [7, 11) is 0. The first kappa shape index (κ1) is 20.7. The van der Waals surface area contributed by atoms with Gasteiger partial charge in [0, 0.05) is 0 Å². The number of carbonyl (C=O) groups excluding carboxylic acids is 3. The normalized spacial score (nSPS) is 10.1. The smallest absolute Gasteiger partial charge is 0.316 e. The van der Waals surface area contributed by atoms with Crippen molar-refractivity contribution in [2.75, 3.05) is 28.7 Å². The Labute approximate surface area is 164 Å². The average molecular weight is 411 g/mol. The van der Waals surface area contributed by atoms with Gasteiger partial charge in [-0.15, -0.1) is 11.8 Å². The molecule has 2 aromatic carbocycles. The van der Waals surface area contributed by atoms with E-state index in [1.54, 1.807) is 30.3 Å². The lowest BCUT2D eigenvalue weighted by atomic mass is 10.3. The molecule has 0 saturated carbocycles. The maximum Gasteiger partial charge on any atom is 0.316 e. The Balaban J connectivity index is 1.64. The Morgan fingerprint density at radius 1 is 0.926 bits per heavy atom. The SMILES string of the molecule is O=C(CSCC(=O)OCC(=O)Nc1ccccc1Cl)Nc1ccccc1F. The van der Waals surface area contributed by atoms with E-state index in [0.717, 1.165) is 11.8 Å². The molecule has 27 heavy (non-hydrogen) atoms. The van der Waals surface area contributed by atoms with Crippen LogP contribution in [0.2, 0.25) is 5.02 Å². The highest BCUT2D eigenvalue weighted by Gasteiger charge is 2.11. The van der Waals surface area contributed by atoms with Crippen molar-refractivity contribution in [2.24, 2.45) is 0 Å². The molecule has 0 aliphatic heterocycles. The molecule has 2 aromatic rings. The molecular weight excluding hydrogens is 395 g/mol. The number of hydrogen-bond acceptors (Lipinski definition) is 5. The van der Waals surface area contributed by atoms with Crippen LogP contribution in [0.25, 0.3) is 0 Å². The number of rotatable bonds is 8. The van der Waals surface area contributed by atoms with E-state index >= 15 is 0 Å². The van der Waals surface area contributed by atoms with E-state index in [-0.39, 0.29) is 17.2 Å². The topological polar surface area (TPSA) is 84.5 Å². The molecule has 0 spiro atoms. The third-order valence-corrected chi connectivity index (χ3v) is 4.35. The summed E-state index contributed by atoms with van der Waals surface area (Å²) in [6.45, 7) is -0.466. The van der Waals surface area contributed by atoms with Gasteiger partial charge in [-0.1, -0.05) is 35.9 Å². The van der Waals surface area contributed by atoms with Gasteiger partial charge in [0.15, 0.2) is 6.61 Å². The first-order valence-electron chi connectivity index (χ1n) is 7.78. The van der Waals surface area contributed by atoms with Crippen LogP contribution in [0.5, 0.6) is 0 Å². The summed E-state index contributed by atoms with van der Waals surface area (Å²) in [4.78, 5) is 35.1. The highest BCUT2D eigenvalue weighted by atomic mass is 35.5. The van der Waals surface area contributed by atoms with Crippen molar-refractivity contribution in [2.45, 2.75) is 0 Å². The van der Waals surface area contributed by atoms with Crippen molar-refractivity contribution in [1.82, 2.24) is 0 Å². The summed E-state index contributed by atoms with van der Waals surface area (Å²) in [5.41, 5.74) is 0.487. The first-order chi connectivity index (χ1) is 13.0. The molecule has 9 heteroatoms. The van der Waals surface area contributed by atoms with Crippen LogP contribution in [-0.4, -0.2) is 35.9 Å². The number of carbonyl (C=O) groups is 3. The number of anilines is 2. The predicted octanol–water partition coefficient (Wildman–Crippen LogP) is 3.33. The molecule has 6 nitrogen and oxygen atoms in total. The lowest BCUT2D eigenvalue weighted by Gasteiger charge is -2.08. The summed E-state index contributed by atoms with van der Waals surface area (Å²) in [5.74, 6) is -2.35. The van der Waals surface area contributed by atoms with Gasteiger partial charge >= 0.3 is 5.97 Å². The predicted molar refractivity (Wildman–Crippen MR) is 103 cm³/mol. The molecule has 0 radical (unpaired) electrons. The van der Waals surface area contributed by atoms with Gasteiger partial charge in [0.1, 0.15) is 5.82 Å². The van der Waals surface area contributed by atoms with Crippen LogP contribution < -0.4 is 10.6 Å². The molecule has 0 unspecified atom stereocenters. The van der Waals surface area contributed by atoms with E-state index in [0.29, 0.717) is 10.7 Å². The van der Waals surface area contributed by atoms with Crippen LogP contribution in [0.1, 0.15) is 0 Å². The van der Waals surface area contributed by atoms with Crippen LogP contribution in [0.15, 0.2) is 48.5 Å². The summed E-state index contributed by atoms with van der Waals surface area (Å²) in [6.07, 6.45) is 0. The zero-order valence-corrected chi connectivity index (χ0v) is 15.6. The maximum atomic E-state index is 13.4. The number of esters is 1. The molecule has 0 aromatic heterocycles. The largest absolute Gasteiger partial charge is 0.455 e. The average Bonchev–Trinajstić information content (AvgIpc) is 2.64. The summed E-state index contributed by atoms with van der Waals surface area (Å²) >= 11 is 6.90. The quantitative estimate of drug-likeness (QED) is 0.652. The van der Waals surface area contributed by atoms with E-state index < -0.39 is 30.2 Å². The van der Waals surface area contributed by atoms with Crippen molar-refractivity contribution < 1.29 is 23.5 Å². The van der Waals surface area contributed by atoms with Gasteiger partial charge in [-0.3, -0.25) is 14.4 Å². The molecule has 0 aliphatic carbocycles. The van der Waals surface area contributed by atoms with E-state index in [1.165, 1.54) is 18.2 Å². The molecule has 2 N–H and O–H groups in total. The molecule has 0 aliphatic rings. The number of nitrogens with one attached hydrogen (secondary N) is 2. The Hall–Kier alpha value is -2.58. The van der Waals surface area contributed by atoms with Gasteiger partial charge in [0.05, 0.1) is 27.9 Å². The monoisotopic (exact) mass is 410 g/mol. The van der Waals surface area contributed by atoms with Gasteiger partial charge in [0.2, 0.25) is 5.91 Å². The van der Waals surface area contributed by atoms with Gasteiger partial charge in [0.25, 0.3) is 5.91 Å². The van der Waals surface area contributed by atoms with Crippen molar-refractivity contribution >= 4 is 52.5 Å². The fourth-order valence-corrected chi connectivity index (χ4v) is 2.71. The maximum absolute atomic E-state index is 13.4. The Morgan fingerprint density at radius 2 is 1.56 bits per heavy atom. The van der Waals surface area contributed by atoms with Crippen LogP contribution in [0.4, 0.5) is 15.8 Å². The highest BCUT2D eigenvalue weighted by Crippen LogP contribution is 2.20. The number of benzene rings is 2. The molecule has 0 heterocycles. The number of hydrogen-bond donors (Lipinski definition) is 2. The lowest BCUT2D eigenvalue weighted by molar-refractivity contribution is -0.144. The third kappa shape index (κ3) is 7.28. The first-order valence-corrected chi connectivity index (χ1v) is 9.31. The van der Waals surface area contributed by atoms with E-state index in [2.05, 4.69) is 10.6 Å². The molecular formula is C18H16ClFN2O4S. The van der Waals surface area contributed by atoms with Crippen LogP contribution in [0, 0.1) is 5.82 Å². The molecule has 0 saturated heterocycles. The molecule has 0 bridgehead atoms. The summed E-state index contributed by atoms with van der Waals surface area (Å²) in [6, 6.07) is 12.4. The highest BCUT2D eigenvalue weighted by molar-refractivity contribution is 8.00. The minimum absolute atomic E-state index is 0.0603. The van der Waals surface area contributed by atoms with Gasteiger partial charge in [-0.2, -0.15) is 0 Å². The number of para-hydroxylation sites is 2. The van der Waals surface area contributed by atoms with E-state index in [1.807, 2.05) is 0 Å². The van der Waals surface area contributed by atoms with E-state index in [9.17, 15) is 18.8 Å². The van der Waals surface area contributed by atoms with Crippen molar-refractivity contribution in [1.29, 1.82) is 0 Å². The van der Waals surface area contributed by atoms with Crippen LogP contribution in [0.3, 0.4) is 0 Å². The fourth-order valence-electron chi connectivity index (χ4n) is 1.91. The number of halogens is 2. The molecule has 2 rings (SSSR count). The summed E-state index contributed by atoms with van der Waals surface area (Å²) < 4.78 is 18.2. The van der Waals surface area contributed by atoms with Gasteiger partial charge in [-0.25, -0.2) is 4.39 Å². The van der Waals surface area contributed by atoms with Crippen molar-refractivity contribution in [3.05, 3.63) is 59.4 Å². The Kier molecular flexibility index (Phi) is 8.09. The van der Waals surface area contributed by atoms with Crippen molar-refractivity contribution in [3.8, 4) is 0 Å². The number of thioether (sulfide) groups is 1. The molecule has 0 atom stereocenters. The fraction of sp³-hybridized carbons (Fsp3) is 0.167. The van der Waals surface area contributed by atoms with Gasteiger partial charge < -0.3 is 15.4 Å². The van der Waals surface area contributed by atoms with Crippen molar-refractivity contribution in [3.63, 3.8) is 0 Å². The number of amides is 2. The molecule has 142 valence electrons. The Bertz CT molecular complexity index is 835. The van der Waals surface area contributed by atoms with Crippen LogP contribution >= 0.6 is 23.4 Å². The minimum atomic E-state index is -0.645. The number of ether oxygens (including phenoxy) is 1. The zero-order chi connectivity index (χ0) is 19.6. The summed E-state index contributed by atoms with van der Waals surface area (Å²) in [5, 5.41) is 5.29.